The van der Waals surface area contributed by atoms with Crippen LogP contribution in [0.25, 0.3) is 0 Å². The van der Waals surface area contributed by atoms with E-state index in [2.05, 4.69) is 10.2 Å². The number of anilines is 1. The summed E-state index contributed by atoms with van der Waals surface area (Å²) in [7, 11) is 0. The Morgan fingerprint density at radius 3 is 2.25 bits per heavy atom. The standard InChI is InChI=1S/C11H14N2O2.C4H9N/c1-9-8-10(12-6-2-3-7-12)4-5-11(9)13(14)15;1-2-4-5-3-1/h4-5,8H,2-3,6-7H2,1H3;5H,1-4H2. The molecule has 2 aliphatic rings. The topological polar surface area (TPSA) is 58.4 Å². The van der Waals surface area contributed by atoms with E-state index in [-0.39, 0.29) is 10.6 Å². The molecule has 1 N–H and O–H groups in total. The largest absolute Gasteiger partial charge is 0.372 e. The van der Waals surface area contributed by atoms with E-state index in [0.29, 0.717) is 0 Å². The Morgan fingerprint density at radius 1 is 1.15 bits per heavy atom. The van der Waals surface area contributed by atoms with Crippen LogP contribution in [0.3, 0.4) is 0 Å². The van der Waals surface area contributed by atoms with Crippen molar-refractivity contribution in [1.29, 1.82) is 0 Å². The molecule has 20 heavy (non-hydrogen) atoms. The minimum atomic E-state index is -0.330. The number of nitrogens with zero attached hydrogens (tertiary/aromatic N) is 2. The molecule has 1 aromatic rings. The number of benzene rings is 1. The van der Waals surface area contributed by atoms with Crippen LogP contribution in [-0.4, -0.2) is 31.1 Å². The maximum atomic E-state index is 10.6. The van der Waals surface area contributed by atoms with Crippen LogP contribution in [0, 0.1) is 17.0 Å². The van der Waals surface area contributed by atoms with Crippen LogP contribution in [0.2, 0.25) is 0 Å². The lowest BCUT2D eigenvalue weighted by atomic mass is 10.1. The monoisotopic (exact) mass is 277 g/mol. The first-order valence-electron chi connectivity index (χ1n) is 7.39. The zero-order valence-electron chi connectivity index (χ0n) is 12.1. The Balaban J connectivity index is 0.000000247. The molecule has 0 amide bonds. The second-order valence-electron chi connectivity index (χ2n) is 5.38. The van der Waals surface area contributed by atoms with Gasteiger partial charge in [-0.3, -0.25) is 10.1 Å². The summed E-state index contributed by atoms with van der Waals surface area (Å²) in [6.07, 6.45) is 5.21. The van der Waals surface area contributed by atoms with Crippen LogP contribution in [0.1, 0.15) is 31.2 Å². The first kappa shape index (κ1) is 14.8. The molecule has 3 rings (SSSR count). The molecule has 0 saturated carbocycles. The Kier molecular flexibility index (Phi) is 5.35. The lowest BCUT2D eigenvalue weighted by Gasteiger charge is -2.17. The van der Waals surface area contributed by atoms with Gasteiger partial charge < -0.3 is 10.2 Å². The molecule has 0 bridgehead atoms. The predicted molar refractivity (Wildman–Crippen MR) is 81.4 cm³/mol. The van der Waals surface area contributed by atoms with E-state index < -0.39 is 0 Å². The molecule has 0 aromatic heterocycles. The highest BCUT2D eigenvalue weighted by Gasteiger charge is 2.15. The summed E-state index contributed by atoms with van der Waals surface area (Å²) in [4.78, 5) is 12.6. The van der Waals surface area contributed by atoms with E-state index in [9.17, 15) is 10.1 Å². The second kappa shape index (κ2) is 7.24. The zero-order chi connectivity index (χ0) is 14.4. The van der Waals surface area contributed by atoms with Crippen molar-refractivity contribution in [3.8, 4) is 0 Å². The number of aryl methyl sites for hydroxylation is 1. The summed E-state index contributed by atoms with van der Waals surface area (Å²) >= 11 is 0. The predicted octanol–water partition coefficient (Wildman–Crippen LogP) is 2.87. The normalized spacial score (nSPS) is 17.8. The molecule has 2 aliphatic heterocycles. The molecule has 5 nitrogen and oxygen atoms in total. The molecule has 2 saturated heterocycles. The van der Waals surface area contributed by atoms with E-state index in [1.807, 2.05) is 12.1 Å². The van der Waals surface area contributed by atoms with Gasteiger partial charge in [0.2, 0.25) is 0 Å². The van der Waals surface area contributed by atoms with Gasteiger partial charge in [-0.15, -0.1) is 0 Å². The van der Waals surface area contributed by atoms with Crippen molar-refractivity contribution in [2.24, 2.45) is 0 Å². The van der Waals surface area contributed by atoms with Crippen LogP contribution in [0.5, 0.6) is 0 Å². The highest BCUT2D eigenvalue weighted by atomic mass is 16.6. The van der Waals surface area contributed by atoms with Gasteiger partial charge in [-0.2, -0.15) is 0 Å². The number of hydrogen-bond donors (Lipinski definition) is 1. The fraction of sp³-hybridized carbons (Fsp3) is 0.600. The average Bonchev–Trinajstić information content (AvgIpc) is 3.14. The summed E-state index contributed by atoms with van der Waals surface area (Å²) in [6, 6.07) is 5.35. The molecular weight excluding hydrogens is 254 g/mol. The Morgan fingerprint density at radius 2 is 1.80 bits per heavy atom. The van der Waals surface area contributed by atoms with Crippen molar-refractivity contribution < 1.29 is 4.92 Å². The van der Waals surface area contributed by atoms with Crippen LogP contribution in [0.15, 0.2) is 18.2 Å². The van der Waals surface area contributed by atoms with E-state index in [1.54, 1.807) is 13.0 Å². The Bertz CT molecular complexity index is 445. The van der Waals surface area contributed by atoms with Gasteiger partial charge >= 0.3 is 0 Å². The van der Waals surface area contributed by atoms with Crippen LogP contribution in [-0.2, 0) is 0 Å². The molecule has 2 fully saturated rings. The molecule has 0 unspecified atom stereocenters. The van der Waals surface area contributed by atoms with Gasteiger partial charge in [0.25, 0.3) is 5.69 Å². The number of nitro benzene ring substituents is 1. The van der Waals surface area contributed by atoms with Gasteiger partial charge in [-0.05, 0) is 57.8 Å². The third-order valence-corrected chi connectivity index (χ3v) is 3.81. The second-order valence-corrected chi connectivity index (χ2v) is 5.38. The molecule has 5 heteroatoms. The number of nitro groups is 1. The number of rotatable bonds is 2. The van der Waals surface area contributed by atoms with Gasteiger partial charge in [-0.25, -0.2) is 0 Å². The Hall–Kier alpha value is -1.62. The molecule has 0 atom stereocenters. The van der Waals surface area contributed by atoms with E-state index >= 15 is 0 Å². The van der Waals surface area contributed by atoms with E-state index in [4.69, 9.17) is 0 Å². The SMILES string of the molecule is C1CCNC1.Cc1cc(N2CCCC2)ccc1[N+](=O)[O-]. The maximum Gasteiger partial charge on any atom is 0.272 e. The smallest absolute Gasteiger partial charge is 0.272 e. The molecular formula is C15H23N3O2. The van der Waals surface area contributed by atoms with Gasteiger partial charge in [0, 0.05) is 30.4 Å². The average molecular weight is 277 g/mol. The van der Waals surface area contributed by atoms with E-state index in [0.717, 1.165) is 24.3 Å². The number of hydrogen-bond acceptors (Lipinski definition) is 4. The van der Waals surface area contributed by atoms with Crippen LogP contribution < -0.4 is 10.2 Å². The van der Waals surface area contributed by atoms with Crippen molar-refractivity contribution >= 4 is 11.4 Å². The minimum absolute atomic E-state index is 0.206. The van der Waals surface area contributed by atoms with Gasteiger partial charge in [-0.1, -0.05) is 0 Å². The lowest BCUT2D eigenvalue weighted by molar-refractivity contribution is -0.385. The van der Waals surface area contributed by atoms with Crippen molar-refractivity contribution in [2.75, 3.05) is 31.1 Å². The van der Waals surface area contributed by atoms with E-state index in [1.165, 1.54) is 38.8 Å². The Labute approximate surface area is 120 Å². The fourth-order valence-electron chi connectivity index (χ4n) is 2.64. The first-order valence-corrected chi connectivity index (χ1v) is 7.39. The van der Waals surface area contributed by atoms with Crippen molar-refractivity contribution in [3.05, 3.63) is 33.9 Å². The summed E-state index contributed by atoms with van der Waals surface area (Å²) in [5, 5.41) is 13.9. The molecule has 0 radical (unpaired) electrons. The van der Waals surface area contributed by atoms with Gasteiger partial charge in [0.1, 0.15) is 0 Å². The molecule has 2 heterocycles. The summed E-state index contributed by atoms with van der Waals surface area (Å²) in [5.74, 6) is 0. The molecule has 0 spiro atoms. The summed E-state index contributed by atoms with van der Waals surface area (Å²) < 4.78 is 0. The molecule has 110 valence electrons. The maximum absolute atomic E-state index is 10.6. The third-order valence-electron chi connectivity index (χ3n) is 3.81. The third kappa shape index (κ3) is 3.93. The fourth-order valence-corrected chi connectivity index (χ4v) is 2.64. The zero-order valence-corrected chi connectivity index (χ0v) is 12.1. The highest BCUT2D eigenvalue weighted by Crippen LogP contribution is 2.26. The highest BCUT2D eigenvalue weighted by molar-refractivity contribution is 5.55. The molecule has 1 aromatic carbocycles. The first-order chi connectivity index (χ1) is 9.68. The van der Waals surface area contributed by atoms with Crippen LogP contribution >= 0.6 is 0 Å². The number of nitrogens with one attached hydrogen (secondary N) is 1. The van der Waals surface area contributed by atoms with Crippen molar-refractivity contribution in [1.82, 2.24) is 5.32 Å². The summed E-state index contributed by atoms with van der Waals surface area (Å²) in [5.41, 5.74) is 2.05. The summed E-state index contributed by atoms with van der Waals surface area (Å²) in [6.45, 7) is 6.42. The molecule has 0 aliphatic carbocycles. The van der Waals surface area contributed by atoms with Crippen LogP contribution in [0.4, 0.5) is 11.4 Å². The lowest BCUT2D eigenvalue weighted by Crippen LogP contribution is -2.17. The minimum Gasteiger partial charge on any atom is -0.372 e. The van der Waals surface area contributed by atoms with Crippen molar-refractivity contribution in [2.45, 2.75) is 32.6 Å². The van der Waals surface area contributed by atoms with Gasteiger partial charge in [0.05, 0.1) is 4.92 Å². The quantitative estimate of drug-likeness (QED) is 0.667. The van der Waals surface area contributed by atoms with Crippen molar-refractivity contribution in [3.63, 3.8) is 0 Å². The van der Waals surface area contributed by atoms with Gasteiger partial charge in [0.15, 0.2) is 0 Å².